The number of H-pyrrole nitrogens is 1. The van der Waals surface area contributed by atoms with E-state index >= 15 is 0 Å². The molecule has 2 aliphatic carbocycles. The molecule has 78 heavy (non-hydrogen) atoms. The molecule has 4 nitrogen and oxygen atoms in total. The van der Waals surface area contributed by atoms with Crippen LogP contribution in [0.4, 0.5) is 0 Å². The van der Waals surface area contributed by atoms with E-state index in [1.165, 1.54) is 126 Å². The second-order valence-corrected chi connectivity index (χ2v) is 20.8. The fourth-order valence-electron chi connectivity index (χ4n) is 13.8. The summed E-state index contributed by atoms with van der Waals surface area (Å²) in [7, 11) is 0. The summed E-state index contributed by atoms with van der Waals surface area (Å²) in [6.07, 6.45) is 10.1. The van der Waals surface area contributed by atoms with Gasteiger partial charge in [-0.25, -0.2) is 0 Å². The summed E-state index contributed by atoms with van der Waals surface area (Å²) in [6.45, 7) is 2.34. The maximum atomic E-state index is 6.03. The third-order valence-electron chi connectivity index (χ3n) is 17.0. The Morgan fingerprint density at radius 2 is 0.654 bits per heavy atom. The van der Waals surface area contributed by atoms with Crippen LogP contribution in [-0.2, 0) is 5.41 Å². The summed E-state index contributed by atoms with van der Waals surface area (Å²) in [6, 6.07) is 91.0. The van der Waals surface area contributed by atoms with Crippen molar-refractivity contribution in [1.82, 2.24) is 18.7 Å². The van der Waals surface area contributed by atoms with Crippen LogP contribution in [0.15, 0.2) is 266 Å². The molecule has 1 spiro atoms. The summed E-state index contributed by atoms with van der Waals surface area (Å²) in [5.74, 6) is 2.84. The number of benzene rings is 11. The van der Waals surface area contributed by atoms with Gasteiger partial charge < -0.3 is 18.7 Å². The zero-order chi connectivity index (χ0) is 51.6. The van der Waals surface area contributed by atoms with Gasteiger partial charge in [0.1, 0.15) is 0 Å². The largest absolute Gasteiger partial charge is 0.355 e. The van der Waals surface area contributed by atoms with Crippen molar-refractivity contribution in [2.45, 2.75) is 12.3 Å². The number of para-hydroxylation sites is 8. The lowest BCUT2D eigenvalue weighted by molar-refractivity contribution is 0.763. The van der Waals surface area contributed by atoms with E-state index in [1.54, 1.807) is 0 Å². The highest BCUT2D eigenvalue weighted by atomic mass is 15.0. The lowest BCUT2D eigenvalue weighted by Gasteiger charge is -2.32. The smallest absolute Gasteiger partial charge is 0.0688 e. The molecule has 0 saturated heterocycles. The highest BCUT2D eigenvalue weighted by molar-refractivity contribution is 6.12. The van der Waals surface area contributed by atoms with Crippen molar-refractivity contribution in [3.05, 3.63) is 289 Å². The SMILES string of the molecule is C#C/C=C\C1=C(C)C2(c3cc(-n4c5ccccc5c5ccccc54)ccc31)c1cc(-n3c4ccccc4c4ccccc43)ccc1-c1ccc(-n3c4ccccc4c4ccccc43)cc12.c1ccc2c(c1)[nH]c1ccccc12. The molecular weight excluding hydrogens is 945 g/mol. The minimum atomic E-state index is -0.660. The fourth-order valence-corrected chi connectivity index (χ4v) is 13.8. The number of hydrogen-bond acceptors (Lipinski definition) is 0. The van der Waals surface area contributed by atoms with E-state index in [2.05, 4.69) is 286 Å². The standard InChI is InChI=1S/C62H39N3.C12H9N/c1-3-4-17-43-39(2)62(53-36-40(30-33-44(43)53)63-56-24-11-5-18-47(56)48-19-6-12-25-57(48)63)54-37-41(64-58-26-13-7-20-49(58)50-21-8-14-27-59(50)64)31-34-45(54)46-35-32-42(38-55(46)62)65-60-28-15-9-22-51(60)52-23-10-16-29-61(52)65;1-3-7-11-9(5-1)10-6-2-4-8-12(10)13-11/h1,4-38H,2H3;1-8,13H/b17-4-;. The number of nitrogens with one attached hydrogen (secondary N) is 1. The molecule has 0 amide bonds. The number of aromatic amines is 1. The first kappa shape index (κ1) is 44.0. The third kappa shape index (κ3) is 6.07. The maximum absolute atomic E-state index is 6.03. The van der Waals surface area contributed by atoms with Gasteiger partial charge in [-0.05, 0) is 149 Å². The van der Waals surface area contributed by atoms with E-state index in [4.69, 9.17) is 6.42 Å². The van der Waals surface area contributed by atoms with Gasteiger partial charge in [-0.1, -0.05) is 170 Å². The van der Waals surface area contributed by atoms with E-state index in [0.29, 0.717) is 0 Å². The predicted molar refractivity (Wildman–Crippen MR) is 328 cm³/mol. The minimum Gasteiger partial charge on any atom is -0.355 e. The van der Waals surface area contributed by atoms with Crippen LogP contribution in [0.2, 0.25) is 0 Å². The molecule has 4 heteroatoms. The van der Waals surface area contributed by atoms with Crippen LogP contribution in [-0.4, -0.2) is 18.7 Å². The Labute approximate surface area is 450 Å². The number of rotatable bonds is 4. The number of terminal acetylenes is 1. The molecule has 15 aromatic rings. The first-order valence-corrected chi connectivity index (χ1v) is 26.8. The summed E-state index contributed by atoms with van der Waals surface area (Å²) >= 11 is 0. The minimum absolute atomic E-state index is 0.660. The van der Waals surface area contributed by atoms with Gasteiger partial charge in [0.05, 0.1) is 38.5 Å². The van der Waals surface area contributed by atoms with Gasteiger partial charge in [0.2, 0.25) is 0 Å². The Balaban J connectivity index is 0.000000341. The number of aromatic nitrogens is 4. The molecule has 0 saturated carbocycles. The zero-order valence-corrected chi connectivity index (χ0v) is 42.7. The molecule has 0 radical (unpaired) electrons. The number of nitrogens with zero attached hydrogens (tertiary/aromatic N) is 3. The molecule has 0 atom stereocenters. The van der Waals surface area contributed by atoms with Crippen molar-refractivity contribution in [2.75, 3.05) is 0 Å². The molecule has 0 unspecified atom stereocenters. The van der Waals surface area contributed by atoms with E-state index < -0.39 is 5.41 Å². The van der Waals surface area contributed by atoms with Gasteiger partial charge in [-0.2, -0.15) is 0 Å². The number of fused-ring (bicyclic) bond motifs is 19. The van der Waals surface area contributed by atoms with Gasteiger partial charge in [-0.3, -0.25) is 0 Å². The topological polar surface area (TPSA) is 30.6 Å². The van der Waals surface area contributed by atoms with E-state index in [9.17, 15) is 0 Å². The Hall–Kier alpha value is -10.3. The second-order valence-electron chi connectivity index (χ2n) is 20.8. The van der Waals surface area contributed by atoms with Gasteiger partial charge >= 0.3 is 0 Å². The molecule has 0 bridgehead atoms. The first-order chi connectivity index (χ1) is 38.6. The molecular formula is C74H48N4. The van der Waals surface area contributed by atoms with Crippen LogP contribution in [0.1, 0.15) is 29.2 Å². The molecule has 4 heterocycles. The molecule has 4 aromatic heterocycles. The van der Waals surface area contributed by atoms with Gasteiger partial charge in [-0.15, -0.1) is 6.42 Å². The van der Waals surface area contributed by atoms with Crippen molar-refractivity contribution in [2.24, 2.45) is 0 Å². The summed E-state index contributed by atoms with van der Waals surface area (Å²) in [5, 5.41) is 10.1. The van der Waals surface area contributed by atoms with E-state index in [0.717, 1.165) is 22.6 Å². The molecule has 0 fully saturated rings. The summed E-state index contributed by atoms with van der Waals surface area (Å²) in [4.78, 5) is 3.38. The summed E-state index contributed by atoms with van der Waals surface area (Å²) in [5.41, 5.74) is 22.2. The Bertz CT molecular complexity index is 4760. The van der Waals surface area contributed by atoms with Crippen molar-refractivity contribution >= 4 is 92.8 Å². The van der Waals surface area contributed by atoms with Crippen molar-refractivity contribution in [1.29, 1.82) is 0 Å². The molecule has 1 N–H and O–H groups in total. The van der Waals surface area contributed by atoms with Gasteiger partial charge in [0.25, 0.3) is 0 Å². The van der Waals surface area contributed by atoms with Crippen LogP contribution < -0.4 is 0 Å². The van der Waals surface area contributed by atoms with Crippen LogP contribution in [0.3, 0.4) is 0 Å². The van der Waals surface area contributed by atoms with Crippen LogP contribution >= 0.6 is 0 Å². The molecule has 17 rings (SSSR count). The molecule has 364 valence electrons. The van der Waals surface area contributed by atoms with E-state index in [-0.39, 0.29) is 0 Å². The third-order valence-corrected chi connectivity index (χ3v) is 17.0. The Morgan fingerprint density at radius 3 is 1.00 bits per heavy atom. The Kier molecular flexibility index (Phi) is 9.50. The van der Waals surface area contributed by atoms with Crippen molar-refractivity contribution < 1.29 is 0 Å². The second kappa shape index (κ2) is 16.8. The zero-order valence-electron chi connectivity index (χ0n) is 42.7. The molecule has 2 aliphatic rings. The summed E-state index contributed by atoms with van der Waals surface area (Å²) < 4.78 is 7.35. The van der Waals surface area contributed by atoms with Gasteiger partial charge in [0.15, 0.2) is 0 Å². The average Bonchev–Trinajstić information content (AvgIpc) is 3.74. The number of allylic oxidation sites excluding steroid dienone is 4. The molecule has 0 aliphatic heterocycles. The van der Waals surface area contributed by atoms with Crippen LogP contribution in [0, 0.1) is 12.3 Å². The Morgan fingerprint density at radius 1 is 0.359 bits per heavy atom. The normalized spacial score (nSPS) is 13.4. The fraction of sp³-hybridized carbons (Fsp3) is 0.0270. The average molecular weight is 993 g/mol. The highest BCUT2D eigenvalue weighted by Crippen LogP contribution is 2.63. The molecule has 11 aromatic carbocycles. The predicted octanol–water partition coefficient (Wildman–Crippen LogP) is 18.6. The van der Waals surface area contributed by atoms with Gasteiger partial charge in [0, 0.05) is 71.2 Å². The number of hydrogen-bond donors (Lipinski definition) is 1. The lowest BCUT2D eigenvalue weighted by atomic mass is 9.70. The van der Waals surface area contributed by atoms with Crippen molar-refractivity contribution in [3.8, 4) is 40.5 Å². The maximum Gasteiger partial charge on any atom is 0.0688 e. The first-order valence-electron chi connectivity index (χ1n) is 26.8. The van der Waals surface area contributed by atoms with Crippen LogP contribution in [0.25, 0.3) is 121 Å². The van der Waals surface area contributed by atoms with Crippen LogP contribution in [0.5, 0.6) is 0 Å². The van der Waals surface area contributed by atoms with E-state index in [1.807, 2.05) is 6.08 Å². The monoisotopic (exact) mass is 992 g/mol. The lowest BCUT2D eigenvalue weighted by Crippen LogP contribution is -2.27. The van der Waals surface area contributed by atoms with Crippen molar-refractivity contribution in [3.63, 3.8) is 0 Å². The quantitative estimate of drug-likeness (QED) is 0.170. The highest BCUT2D eigenvalue weighted by Gasteiger charge is 2.52.